The molecule has 3 aromatic carbocycles. The van der Waals surface area contributed by atoms with Crippen LogP contribution in [0.5, 0.6) is 5.75 Å². The number of hydrogen-bond donors (Lipinski definition) is 1. The number of fused-ring (bicyclic) bond motifs is 2. The summed E-state index contributed by atoms with van der Waals surface area (Å²) in [5.41, 5.74) is 1.98. The number of carbonyl (C=O) groups is 1. The molecule has 5 aromatic rings. The van der Waals surface area contributed by atoms with E-state index < -0.39 is 0 Å². The molecule has 2 aromatic heterocycles. The van der Waals surface area contributed by atoms with Crippen LogP contribution in [0.2, 0.25) is 0 Å². The average Bonchev–Trinajstić information content (AvgIpc) is 3.45. The summed E-state index contributed by atoms with van der Waals surface area (Å²) in [5.74, 6) is 2.13. The van der Waals surface area contributed by atoms with Crippen molar-refractivity contribution in [1.29, 1.82) is 0 Å². The van der Waals surface area contributed by atoms with Crippen LogP contribution >= 0.6 is 0 Å². The highest BCUT2D eigenvalue weighted by molar-refractivity contribution is 5.91. The van der Waals surface area contributed by atoms with E-state index in [9.17, 15) is 4.79 Å². The van der Waals surface area contributed by atoms with Crippen molar-refractivity contribution in [2.75, 3.05) is 0 Å². The lowest BCUT2D eigenvalue weighted by Crippen LogP contribution is -2.24. The molecule has 2 heterocycles. The molecule has 160 valence electrons. The maximum Gasteiger partial charge on any atom is 0.287 e. The van der Waals surface area contributed by atoms with Gasteiger partial charge in [-0.3, -0.25) is 4.79 Å². The van der Waals surface area contributed by atoms with E-state index in [1.54, 1.807) is 12.1 Å². The normalized spacial score (nSPS) is 11.2. The summed E-state index contributed by atoms with van der Waals surface area (Å²) in [7, 11) is 0. The Labute approximate surface area is 185 Å². The first-order valence-corrected chi connectivity index (χ1v) is 10.6. The Morgan fingerprint density at radius 1 is 1.00 bits per heavy atom. The van der Waals surface area contributed by atoms with E-state index in [0.717, 1.165) is 39.9 Å². The zero-order chi connectivity index (χ0) is 21.9. The Morgan fingerprint density at radius 3 is 2.69 bits per heavy atom. The molecule has 0 aliphatic heterocycles. The van der Waals surface area contributed by atoms with Gasteiger partial charge in [0.25, 0.3) is 5.91 Å². The Balaban J connectivity index is 1.22. The van der Waals surface area contributed by atoms with Crippen LogP contribution in [0.3, 0.4) is 0 Å². The van der Waals surface area contributed by atoms with Crippen molar-refractivity contribution in [3.8, 4) is 5.75 Å². The van der Waals surface area contributed by atoms with Crippen LogP contribution in [0.1, 0.15) is 29.1 Å². The molecule has 0 bridgehead atoms. The van der Waals surface area contributed by atoms with Crippen molar-refractivity contribution < 1.29 is 13.9 Å². The standard InChI is InChI=1S/C26H23N3O3/c1-2-29-23-10-6-5-9-22(23)28-25(29)16-27-26(30)24-14-13-21(32-24)17-31-20-12-11-18-7-3-4-8-19(18)15-20/h3-15H,2,16-17H2,1H3,(H,27,30). The molecule has 0 saturated carbocycles. The van der Waals surface area contributed by atoms with Gasteiger partial charge in [0.2, 0.25) is 0 Å². The molecule has 0 aliphatic carbocycles. The minimum atomic E-state index is -0.281. The molecule has 5 rings (SSSR count). The second-order valence-electron chi connectivity index (χ2n) is 7.51. The van der Waals surface area contributed by atoms with E-state index in [2.05, 4.69) is 27.9 Å². The summed E-state index contributed by atoms with van der Waals surface area (Å²) in [6, 6.07) is 25.4. The molecular weight excluding hydrogens is 402 g/mol. The zero-order valence-corrected chi connectivity index (χ0v) is 17.7. The molecule has 0 spiro atoms. The van der Waals surface area contributed by atoms with Crippen LogP contribution in [0, 0.1) is 0 Å². The third-order valence-electron chi connectivity index (χ3n) is 5.44. The number of imidazole rings is 1. The number of ether oxygens (including phenoxy) is 1. The summed E-state index contributed by atoms with van der Waals surface area (Å²) in [4.78, 5) is 17.2. The number of rotatable bonds is 7. The van der Waals surface area contributed by atoms with Crippen molar-refractivity contribution in [2.24, 2.45) is 0 Å². The highest BCUT2D eigenvalue weighted by Gasteiger charge is 2.14. The number of aromatic nitrogens is 2. The molecule has 0 atom stereocenters. The second kappa shape index (κ2) is 8.59. The van der Waals surface area contributed by atoms with Crippen LogP contribution in [0.25, 0.3) is 21.8 Å². The SMILES string of the molecule is CCn1c(CNC(=O)c2ccc(COc3ccc4ccccc4c3)o2)nc2ccccc21. The minimum Gasteiger partial charge on any atom is -0.486 e. The number of hydrogen-bond acceptors (Lipinski definition) is 4. The van der Waals surface area contributed by atoms with Gasteiger partial charge in [-0.25, -0.2) is 4.98 Å². The van der Waals surface area contributed by atoms with Gasteiger partial charge in [-0.1, -0.05) is 42.5 Å². The summed E-state index contributed by atoms with van der Waals surface area (Å²) < 4.78 is 13.6. The third kappa shape index (κ3) is 3.95. The van der Waals surface area contributed by atoms with E-state index in [0.29, 0.717) is 12.3 Å². The largest absolute Gasteiger partial charge is 0.486 e. The Kier molecular flexibility index (Phi) is 5.34. The Hall–Kier alpha value is -4.06. The van der Waals surface area contributed by atoms with Crippen LogP contribution in [0.4, 0.5) is 0 Å². The van der Waals surface area contributed by atoms with Crippen LogP contribution < -0.4 is 10.1 Å². The number of para-hydroxylation sites is 2. The molecule has 6 nitrogen and oxygen atoms in total. The summed E-state index contributed by atoms with van der Waals surface area (Å²) >= 11 is 0. The van der Waals surface area contributed by atoms with Crippen molar-refractivity contribution >= 4 is 27.7 Å². The van der Waals surface area contributed by atoms with Gasteiger partial charge >= 0.3 is 0 Å². The number of aryl methyl sites for hydroxylation is 1. The molecule has 6 heteroatoms. The monoisotopic (exact) mass is 425 g/mol. The predicted octanol–water partition coefficient (Wildman–Crippen LogP) is 5.31. The fourth-order valence-corrected chi connectivity index (χ4v) is 3.85. The highest BCUT2D eigenvalue weighted by atomic mass is 16.5. The number of carbonyl (C=O) groups excluding carboxylic acids is 1. The Bertz CT molecular complexity index is 1400. The number of amides is 1. The first-order valence-electron chi connectivity index (χ1n) is 10.6. The van der Waals surface area contributed by atoms with Crippen molar-refractivity contribution in [3.05, 3.63) is 96.2 Å². The molecule has 0 fully saturated rings. The van der Waals surface area contributed by atoms with Crippen molar-refractivity contribution in [2.45, 2.75) is 26.6 Å². The highest BCUT2D eigenvalue weighted by Crippen LogP contribution is 2.22. The van der Waals surface area contributed by atoms with Gasteiger partial charge in [-0.2, -0.15) is 0 Å². The van der Waals surface area contributed by atoms with Gasteiger partial charge in [0.15, 0.2) is 5.76 Å². The first kappa shape index (κ1) is 19.9. The van der Waals surface area contributed by atoms with E-state index in [-0.39, 0.29) is 18.3 Å². The van der Waals surface area contributed by atoms with Crippen LogP contribution in [-0.2, 0) is 19.7 Å². The average molecular weight is 425 g/mol. The predicted molar refractivity (Wildman–Crippen MR) is 124 cm³/mol. The van der Waals surface area contributed by atoms with Crippen molar-refractivity contribution in [1.82, 2.24) is 14.9 Å². The molecule has 0 saturated heterocycles. The number of furan rings is 1. The van der Waals surface area contributed by atoms with Gasteiger partial charge in [0.05, 0.1) is 17.6 Å². The fraction of sp³-hybridized carbons (Fsp3) is 0.154. The van der Waals surface area contributed by atoms with Crippen LogP contribution in [-0.4, -0.2) is 15.5 Å². The summed E-state index contributed by atoms with van der Waals surface area (Å²) in [5, 5.41) is 5.18. The molecule has 0 radical (unpaired) electrons. The summed E-state index contributed by atoms with van der Waals surface area (Å²) in [6.07, 6.45) is 0. The zero-order valence-electron chi connectivity index (χ0n) is 17.7. The smallest absolute Gasteiger partial charge is 0.287 e. The second-order valence-corrected chi connectivity index (χ2v) is 7.51. The minimum absolute atomic E-state index is 0.247. The third-order valence-corrected chi connectivity index (χ3v) is 5.44. The lowest BCUT2D eigenvalue weighted by atomic mass is 10.1. The van der Waals surface area contributed by atoms with Gasteiger partial charge in [0, 0.05) is 6.54 Å². The lowest BCUT2D eigenvalue weighted by molar-refractivity contribution is 0.0917. The maximum atomic E-state index is 12.6. The quantitative estimate of drug-likeness (QED) is 0.384. The van der Waals surface area contributed by atoms with Gasteiger partial charge in [0.1, 0.15) is 23.9 Å². The molecule has 1 N–H and O–H groups in total. The van der Waals surface area contributed by atoms with Gasteiger partial charge in [-0.15, -0.1) is 0 Å². The first-order chi connectivity index (χ1) is 15.7. The fourth-order valence-electron chi connectivity index (χ4n) is 3.85. The number of nitrogens with one attached hydrogen (secondary N) is 1. The number of nitrogens with zero attached hydrogens (tertiary/aromatic N) is 2. The van der Waals surface area contributed by atoms with E-state index in [1.165, 1.54) is 0 Å². The Morgan fingerprint density at radius 2 is 1.81 bits per heavy atom. The topological polar surface area (TPSA) is 69.3 Å². The molecule has 0 unspecified atom stereocenters. The molecule has 32 heavy (non-hydrogen) atoms. The van der Waals surface area contributed by atoms with E-state index in [1.807, 2.05) is 60.7 Å². The maximum absolute atomic E-state index is 12.6. The van der Waals surface area contributed by atoms with Gasteiger partial charge in [-0.05, 0) is 54.1 Å². The van der Waals surface area contributed by atoms with Crippen molar-refractivity contribution in [3.63, 3.8) is 0 Å². The summed E-state index contributed by atoms with van der Waals surface area (Å²) in [6.45, 7) is 3.42. The van der Waals surface area contributed by atoms with E-state index >= 15 is 0 Å². The molecule has 0 aliphatic rings. The van der Waals surface area contributed by atoms with E-state index in [4.69, 9.17) is 9.15 Å². The molecule has 1 amide bonds. The molecular formula is C26H23N3O3. The van der Waals surface area contributed by atoms with Gasteiger partial charge < -0.3 is 19.0 Å². The lowest BCUT2D eigenvalue weighted by Gasteiger charge is -2.07. The van der Waals surface area contributed by atoms with Crippen LogP contribution in [0.15, 0.2) is 83.3 Å². The number of benzene rings is 3.